The highest BCUT2D eigenvalue weighted by atomic mass is 16.3. The maximum atomic E-state index is 11.4. The van der Waals surface area contributed by atoms with Crippen molar-refractivity contribution in [1.82, 2.24) is 4.90 Å². The van der Waals surface area contributed by atoms with Gasteiger partial charge in [0.25, 0.3) is 0 Å². The van der Waals surface area contributed by atoms with E-state index in [0.29, 0.717) is 32.4 Å². The van der Waals surface area contributed by atoms with Gasteiger partial charge < -0.3 is 10.0 Å². The quantitative estimate of drug-likeness (QED) is 0.614. The molecule has 0 aromatic carbocycles. The average Bonchev–Trinajstić information content (AvgIpc) is 2.16. The fourth-order valence-corrected chi connectivity index (χ4v) is 1.06. The molecule has 0 aromatic heterocycles. The summed E-state index contributed by atoms with van der Waals surface area (Å²) < 4.78 is 0. The lowest BCUT2D eigenvalue weighted by Crippen LogP contribution is -2.31. The molecule has 0 unspecified atom stereocenters. The second kappa shape index (κ2) is 7.63. The van der Waals surface area contributed by atoms with Crippen LogP contribution in [0.4, 0.5) is 0 Å². The normalized spacial score (nSPS) is 9.31. The second-order valence-electron chi connectivity index (χ2n) is 2.75. The molecule has 0 aliphatic rings. The Morgan fingerprint density at radius 1 is 1.62 bits per heavy atom. The molecule has 0 aromatic rings. The lowest BCUT2D eigenvalue weighted by molar-refractivity contribution is -0.131. The van der Waals surface area contributed by atoms with E-state index in [1.54, 1.807) is 4.90 Å². The van der Waals surface area contributed by atoms with Crippen LogP contribution < -0.4 is 0 Å². The Bertz CT molecular complexity index is 184. The van der Waals surface area contributed by atoms with Crippen molar-refractivity contribution in [3.8, 4) is 12.3 Å². The topological polar surface area (TPSA) is 40.5 Å². The van der Waals surface area contributed by atoms with Crippen molar-refractivity contribution < 1.29 is 9.90 Å². The molecule has 3 nitrogen and oxygen atoms in total. The number of rotatable bonds is 6. The first-order valence-electron chi connectivity index (χ1n) is 4.58. The molecular formula is C10H17NO2. The largest absolute Gasteiger partial charge is 0.396 e. The lowest BCUT2D eigenvalue weighted by Gasteiger charge is -2.19. The molecule has 0 aliphatic carbocycles. The molecule has 1 N–H and O–H groups in total. The Labute approximate surface area is 79.7 Å². The third-order valence-electron chi connectivity index (χ3n) is 1.80. The first-order chi connectivity index (χ1) is 6.26. The highest BCUT2D eigenvalue weighted by Crippen LogP contribution is 1.98. The van der Waals surface area contributed by atoms with Gasteiger partial charge in [0.05, 0.1) is 0 Å². The van der Waals surface area contributed by atoms with Crippen LogP contribution in [0.1, 0.15) is 26.2 Å². The van der Waals surface area contributed by atoms with Crippen molar-refractivity contribution in [2.24, 2.45) is 0 Å². The number of aliphatic hydroxyl groups excluding tert-OH is 1. The van der Waals surface area contributed by atoms with Gasteiger partial charge in [-0.15, -0.1) is 12.3 Å². The molecule has 0 atom stereocenters. The van der Waals surface area contributed by atoms with Crippen LogP contribution in [0, 0.1) is 12.3 Å². The summed E-state index contributed by atoms with van der Waals surface area (Å²) in [6.45, 7) is 3.35. The summed E-state index contributed by atoms with van der Waals surface area (Å²) in [5.74, 6) is 2.51. The van der Waals surface area contributed by atoms with Gasteiger partial charge in [-0.25, -0.2) is 0 Å². The fourth-order valence-electron chi connectivity index (χ4n) is 1.06. The van der Waals surface area contributed by atoms with Crippen molar-refractivity contribution in [2.75, 3.05) is 19.7 Å². The van der Waals surface area contributed by atoms with E-state index < -0.39 is 0 Å². The smallest absolute Gasteiger partial charge is 0.223 e. The number of aliphatic hydroxyl groups is 1. The highest BCUT2D eigenvalue weighted by Gasteiger charge is 2.09. The number of hydrogen-bond donors (Lipinski definition) is 1. The van der Waals surface area contributed by atoms with E-state index in [0.717, 1.165) is 0 Å². The third-order valence-corrected chi connectivity index (χ3v) is 1.80. The zero-order valence-electron chi connectivity index (χ0n) is 8.12. The first-order valence-corrected chi connectivity index (χ1v) is 4.58. The van der Waals surface area contributed by atoms with Gasteiger partial charge in [0.2, 0.25) is 5.91 Å². The summed E-state index contributed by atoms with van der Waals surface area (Å²) in [6, 6.07) is 0. The first kappa shape index (κ1) is 12.0. The molecule has 0 saturated heterocycles. The fraction of sp³-hybridized carbons (Fsp3) is 0.700. The maximum absolute atomic E-state index is 11.4. The monoisotopic (exact) mass is 183 g/mol. The number of hydrogen-bond acceptors (Lipinski definition) is 2. The molecule has 74 valence electrons. The maximum Gasteiger partial charge on any atom is 0.223 e. The number of nitrogens with zero attached hydrogens (tertiary/aromatic N) is 1. The van der Waals surface area contributed by atoms with Crippen LogP contribution in [0.3, 0.4) is 0 Å². The average molecular weight is 183 g/mol. The molecule has 0 rings (SSSR count). The Kier molecular flexibility index (Phi) is 7.04. The number of carbonyl (C=O) groups excluding carboxylic acids is 1. The summed E-state index contributed by atoms with van der Waals surface area (Å²) in [6.07, 6.45) is 6.60. The zero-order valence-corrected chi connectivity index (χ0v) is 8.12. The summed E-state index contributed by atoms with van der Waals surface area (Å²) in [5.41, 5.74) is 0. The highest BCUT2D eigenvalue weighted by molar-refractivity contribution is 5.76. The summed E-state index contributed by atoms with van der Waals surface area (Å²) >= 11 is 0. The molecule has 0 aliphatic heterocycles. The van der Waals surface area contributed by atoms with Crippen LogP contribution in [0.5, 0.6) is 0 Å². The zero-order chi connectivity index (χ0) is 10.1. The van der Waals surface area contributed by atoms with Crippen LogP contribution in [-0.4, -0.2) is 35.6 Å². The molecule has 0 saturated carbocycles. The van der Waals surface area contributed by atoms with Gasteiger partial charge in [-0.3, -0.25) is 4.79 Å². The van der Waals surface area contributed by atoms with Crippen LogP contribution in [0.25, 0.3) is 0 Å². The molecule has 13 heavy (non-hydrogen) atoms. The Morgan fingerprint density at radius 3 is 2.77 bits per heavy atom. The standard InChI is InChI=1S/C10H17NO2/c1-3-5-7-10(13)11(4-2)8-6-9-12/h1,12H,4-9H2,2H3. The van der Waals surface area contributed by atoms with E-state index in [1.165, 1.54) is 0 Å². The van der Waals surface area contributed by atoms with Crippen LogP contribution in [-0.2, 0) is 4.79 Å². The Hall–Kier alpha value is -1.01. The molecule has 0 radical (unpaired) electrons. The summed E-state index contributed by atoms with van der Waals surface area (Å²) in [4.78, 5) is 13.1. The van der Waals surface area contributed by atoms with Crippen LogP contribution in [0.15, 0.2) is 0 Å². The minimum atomic E-state index is 0.0777. The minimum absolute atomic E-state index is 0.0777. The number of carbonyl (C=O) groups is 1. The van der Waals surface area contributed by atoms with Gasteiger partial charge in [0.1, 0.15) is 0 Å². The predicted octanol–water partition coefficient (Wildman–Crippen LogP) is 0.631. The van der Waals surface area contributed by atoms with Crippen molar-refractivity contribution in [2.45, 2.75) is 26.2 Å². The van der Waals surface area contributed by atoms with Crippen molar-refractivity contribution in [3.05, 3.63) is 0 Å². The van der Waals surface area contributed by atoms with E-state index in [2.05, 4.69) is 5.92 Å². The minimum Gasteiger partial charge on any atom is -0.396 e. The van der Waals surface area contributed by atoms with E-state index >= 15 is 0 Å². The molecule has 3 heteroatoms. The molecule has 1 amide bonds. The number of terminal acetylenes is 1. The van der Waals surface area contributed by atoms with Crippen molar-refractivity contribution in [3.63, 3.8) is 0 Å². The Morgan fingerprint density at radius 2 is 2.31 bits per heavy atom. The molecule has 0 spiro atoms. The van der Waals surface area contributed by atoms with E-state index in [-0.39, 0.29) is 12.5 Å². The van der Waals surface area contributed by atoms with E-state index in [1.807, 2.05) is 6.92 Å². The lowest BCUT2D eigenvalue weighted by atomic mass is 10.2. The van der Waals surface area contributed by atoms with E-state index in [9.17, 15) is 4.79 Å². The van der Waals surface area contributed by atoms with Gasteiger partial charge in [-0.1, -0.05) is 0 Å². The predicted molar refractivity (Wildman–Crippen MR) is 52.0 cm³/mol. The molecule has 0 bridgehead atoms. The Balaban J connectivity index is 3.79. The van der Waals surface area contributed by atoms with E-state index in [4.69, 9.17) is 11.5 Å². The molecule has 0 fully saturated rings. The molecule has 0 heterocycles. The van der Waals surface area contributed by atoms with Crippen molar-refractivity contribution >= 4 is 5.91 Å². The van der Waals surface area contributed by atoms with Crippen molar-refractivity contribution in [1.29, 1.82) is 0 Å². The van der Waals surface area contributed by atoms with Gasteiger partial charge >= 0.3 is 0 Å². The third kappa shape index (κ3) is 5.26. The van der Waals surface area contributed by atoms with Gasteiger partial charge in [0, 0.05) is 32.5 Å². The number of amides is 1. The van der Waals surface area contributed by atoms with Gasteiger partial charge in [0.15, 0.2) is 0 Å². The summed E-state index contributed by atoms with van der Waals surface area (Å²) in [7, 11) is 0. The van der Waals surface area contributed by atoms with Gasteiger partial charge in [-0.05, 0) is 13.3 Å². The van der Waals surface area contributed by atoms with Crippen LogP contribution >= 0.6 is 0 Å². The van der Waals surface area contributed by atoms with Crippen LogP contribution in [0.2, 0.25) is 0 Å². The molecular weight excluding hydrogens is 166 g/mol. The van der Waals surface area contributed by atoms with Gasteiger partial charge in [-0.2, -0.15) is 0 Å². The summed E-state index contributed by atoms with van der Waals surface area (Å²) in [5, 5.41) is 8.60. The second-order valence-corrected chi connectivity index (χ2v) is 2.75. The SMILES string of the molecule is C#CCCC(=O)N(CC)CCCO.